The summed E-state index contributed by atoms with van der Waals surface area (Å²) >= 11 is 0. The number of hydrogen-bond donors (Lipinski definition) is 1. The van der Waals surface area contributed by atoms with Gasteiger partial charge in [-0.25, -0.2) is 13.6 Å². The minimum absolute atomic E-state index is 0.333. The van der Waals surface area contributed by atoms with Gasteiger partial charge in [0.15, 0.2) is 17.4 Å². The average molecular weight is 300 g/mol. The van der Waals surface area contributed by atoms with Gasteiger partial charge in [-0.05, 0) is 5.56 Å². The van der Waals surface area contributed by atoms with Gasteiger partial charge < -0.3 is 9.84 Å². The zero-order valence-electron chi connectivity index (χ0n) is 10.4. The molecule has 0 radical (unpaired) electrons. The van der Waals surface area contributed by atoms with Gasteiger partial charge in [-0.2, -0.15) is 8.78 Å². The monoisotopic (exact) mass is 300 g/mol. The SMILES string of the molecule is O=C(O)c1c(F)c(F)c(OCc2ccccc2)c(F)c1F. The molecule has 0 unspecified atom stereocenters. The summed E-state index contributed by atoms with van der Waals surface area (Å²) in [6.07, 6.45) is 0. The summed E-state index contributed by atoms with van der Waals surface area (Å²) in [6.45, 7) is -0.333. The molecule has 0 aliphatic rings. The highest BCUT2D eigenvalue weighted by Gasteiger charge is 2.30. The van der Waals surface area contributed by atoms with Gasteiger partial charge in [0.05, 0.1) is 0 Å². The second kappa shape index (κ2) is 5.82. The molecule has 0 saturated carbocycles. The average Bonchev–Trinajstić information content (AvgIpc) is 2.46. The first-order chi connectivity index (χ1) is 9.93. The van der Waals surface area contributed by atoms with E-state index in [1.54, 1.807) is 30.3 Å². The van der Waals surface area contributed by atoms with E-state index in [9.17, 15) is 22.4 Å². The van der Waals surface area contributed by atoms with Crippen LogP contribution in [0, 0.1) is 23.3 Å². The fourth-order valence-electron chi connectivity index (χ4n) is 1.66. The molecule has 110 valence electrons. The van der Waals surface area contributed by atoms with Crippen molar-refractivity contribution in [2.24, 2.45) is 0 Å². The first-order valence-corrected chi connectivity index (χ1v) is 5.69. The Bertz CT molecular complexity index is 657. The molecule has 0 fully saturated rings. The second-order valence-corrected chi connectivity index (χ2v) is 4.04. The molecule has 0 aliphatic carbocycles. The minimum atomic E-state index is -2.11. The van der Waals surface area contributed by atoms with Crippen LogP contribution in [0.1, 0.15) is 15.9 Å². The highest BCUT2D eigenvalue weighted by atomic mass is 19.2. The molecule has 0 atom stereocenters. The normalized spacial score (nSPS) is 10.5. The Hall–Kier alpha value is -2.57. The molecule has 2 rings (SSSR count). The van der Waals surface area contributed by atoms with Crippen molar-refractivity contribution in [3.05, 3.63) is 64.7 Å². The Morgan fingerprint density at radius 1 is 0.952 bits per heavy atom. The highest BCUT2D eigenvalue weighted by molar-refractivity contribution is 5.88. The number of carbonyl (C=O) groups is 1. The van der Waals surface area contributed by atoms with Crippen LogP contribution in [-0.4, -0.2) is 11.1 Å². The summed E-state index contributed by atoms with van der Waals surface area (Å²) in [7, 11) is 0. The van der Waals surface area contributed by atoms with Crippen molar-refractivity contribution in [3.8, 4) is 5.75 Å². The maximum Gasteiger partial charge on any atom is 0.341 e. The van der Waals surface area contributed by atoms with E-state index < -0.39 is 40.6 Å². The van der Waals surface area contributed by atoms with E-state index in [2.05, 4.69) is 0 Å². The molecule has 0 aliphatic heterocycles. The molecule has 2 aromatic carbocycles. The van der Waals surface area contributed by atoms with E-state index in [1.165, 1.54) is 0 Å². The number of halogens is 4. The van der Waals surface area contributed by atoms with E-state index in [-0.39, 0.29) is 6.61 Å². The van der Waals surface area contributed by atoms with Gasteiger partial charge in [0.25, 0.3) is 0 Å². The third kappa shape index (κ3) is 2.81. The lowest BCUT2D eigenvalue weighted by Gasteiger charge is -2.11. The van der Waals surface area contributed by atoms with Crippen LogP contribution < -0.4 is 4.74 Å². The smallest absolute Gasteiger partial charge is 0.341 e. The van der Waals surface area contributed by atoms with Crippen molar-refractivity contribution in [3.63, 3.8) is 0 Å². The summed E-state index contributed by atoms with van der Waals surface area (Å²) in [5.74, 6) is -11.2. The fourth-order valence-corrected chi connectivity index (χ4v) is 1.66. The standard InChI is InChI=1S/C14H8F4O3/c15-9-8(14(19)20)10(16)12(18)13(11(9)17)21-6-7-4-2-1-3-5-7/h1-5H,6H2,(H,19,20). The predicted molar refractivity (Wildman–Crippen MR) is 64.0 cm³/mol. The summed E-state index contributed by atoms with van der Waals surface area (Å²) in [5.41, 5.74) is -1.18. The molecule has 0 aromatic heterocycles. The highest BCUT2D eigenvalue weighted by Crippen LogP contribution is 2.30. The van der Waals surface area contributed by atoms with Gasteiger partial charge in [0.2, 0.25) is 11.6 Å². The molecule has 7 heteroatoms. The first kappa shape index (κ1) is 14.8. The molecular formula is C14H8F4O3. The minimum Gasteiger partial charge on any atom is -0.483 e. The van der Waals surface area contributed by atoms with Crippen molar-refractivity contribution in [2.75, 3.05) is 0 Å². The van der Waals surface area contributed by atoms with Gasteiger partial charge in [-0.15, -0.1) is 0 Å². The van der Waals surface area contributed by atoms with Gasteiger partial charge in [0, 0.05) is 0 Å². The topological polar surface area (TPSA) is 46.5 Å². The van der Waals surface area contributed by atoms with Crippen molar-refractivity contribution in [2.45, 2.75) is 6.61 Å². The third-order valence-corrected chi connectivity index (χ3v) is 2.66. The van der Waals surface area contributed by atoms with Crippen LogP contribution in [0.15, 0.2) is 30.3 Å². The van der Waals surface area contributed by atoms with Crippen LogP contribution >= 0.6 is 0 Å². The zero-order chi connectivity index (χ0) is 15.6. The number of benzene rings is 2. The lowest BCUT2D eigenvalue weighted by Crippen LogP contribution is -2.12. The van der Waals surface area contributed by atoms with Crippen LogP contribution in [0.5, 0.6) is 5.75 Å². The number of carboxylic acid groups (broad SMARTS) is 1. The number of hydrogen-bond acceptors (Lipinski definition) is 2. The first-order valence-electron chi connectivity index (χ1n) is 5.69. The van der Waals surface area contributed by atoms with Crippen LogP contribution in [0.3, 0.4) is 0 Å². The van der Waals surface area contributed by atoms with Crippen molar-refractivity contribution < 1.29 is 32.2 Å². The van der Waals surface area contributed by atoms with Gasteiger partial charge in [-0.1, -0.05) is 30.3 Å². The Morgan fingerprint density at radius 3 is 1.95 bits per heavy atom. The van der Waals surface area contributed by atoms with Crippen LogP contribution in [0.4, 0.5) is 17.6 Å². The number of carboxylic acids is 1. The maximum atomic E-state index is 13.6. The molecule has 21 heavy (non-hydrogen) atoms. The molecule has 0 spiro atoms. The molecule has 2 aromatic rings. The lowest BCUT2D eigenvalue weighted by atomic mass is 10.1. The van der Waals surface area contributed by atoms with E-state index in [1.807, 2.05) is 0 Å². The Morgan fingerprint density at radius 2 is 1.48 bits per heavy atom. The van der Waals surface area contributed by atoms with Crippen molar-refractivity contribution in [1.29, 1.82) is 0 Å². The van der Waals surface area contributed by atoms with E-state index >= 15 is 0 Å². The number of ether oxygens (including phenoxy) is 1. The van der Waals surface area contributed by atoms with E-state index in [0.29, 0.717) is 5.56 Å². The van der Waals surface area contributed by atoms with Crippen LogP contribution in [0.25, 0.3) is 0 Å². The van der Waals surface area contributed by atoms with Crippen molar-refractivity contribution >= 4 is 5.97 Å². The summed E-state index contributed by atoms with van der Waals surface area (Å²) < 4.78 is 58.8. The lowest BCUT2D eigenvalue weighted by molar-refractivity contribution is 0.0682. The summed E-state index contributed by atoms with van der Waals surface area (Å²) in [5, 5.41) is 8.54. The molecular weight excluding hydrogens is 292 g/mol. The molecule has 0 heterocycles. The fraction of sp³-hybridized carbons (Fsp3) is 0.0714. The molecule has 0 saturated heterocycles. The van der Waals surface area contributed by atoms with E-state index in [4.69, 9.17) is 9.84 Å². The largest absolute Gasteiger partial charge is 0.483 e. The van der Waals surface area contributed by atoms with Gasteiger partial charge in [-0.3, -0.25) is 0 Å². The molecule has 0 bridgehead atoms. The number of aromatic carboxylic acids is 1. The Balaban J connectivity index is 2.39. The zero-order valence-corrected chi connectivity index (χ0v) is 10.4. The van der Waals surface area contributed by atoms with Crippen LogP contribution in [0.2, 0.25) is 0 Å². The maximum absolute atomic E-state index is 13.6. The van der Waals surface area contributed by atoms with Crippen LogP contribution in [-0.2, 0) is 6.61 Å². The Kier molecular flexibility index (Phi) is 4.11. The van der Waals surface area contributed by atoms with Gasteiger partial charge >= 0.3 is 5.97 Å². The summed E-state index contributed by atoms with van der Waals surface area (Å²) in [6, 6.07) is 8.13. The molecule has 0 amide bonds. The van der Waals surface area contributed by atoms with Crippen molar-refractivity contribution in [1.82, 2.24) is 0 Å². The summed E-state index contributed by atoms with van der Waals surface area (Å²) in [4.78, 5) is 10.6. The Labute approximate surface area is 116 Å². The predicted octanol–water partition coefficient (Wildman–Crippen LogP) is 3.52. The molecule has 1 N–H and O–H groups in total. The number of rotatable bonds is 4. The van der Waals surface area contributed by atoms with E-state index in [0.717, 1.165) is 0 Å². The second-order valence-electron chi connectivity index (χ2n) is 4.04. The third-order valence-electron chi connectivity index (χ3n) is 2.66. The molecule has 3 nitrogen and oxygen atoms in total. The quantitative estimate of drug-likeness (QED) is 0.694. The van der Waals surface area contributed by atoms with Gasteiger partial charge in [0.1, 0.15) is 12.2 Å².